The highest BCUT2D eigenvalue weighted by atomic mass is 35.5. The molecule has 0 aromatic rings. The van der Waals surface area contributed by atoms with Crippen molar-refractivity contribution < 1.29 is 48.0 Å². The number of rotatable bonds is 3. The zero-order valence-corrected chi connectivity index (χ0v) is 22.4. The zero-order valence-electron chi connectivity index (χ0n) is 21.7. The summed E-state index contributed by atoms with van der Waals surface area (Å²) in [6.45, 7) is 12.6. The lowest BCUT2D eigenvalue weighted by Gasteiger charge is -2.55. The fraction of sp³-hybridized carbons (Fsp3) is 0.692. The lowest BCUT2D eigenvalue weighted by molar-refractivity contribution is -0.231. The van der Waals surface area contributed by atoms with Crippen LogP contribution in [0.2, 0.25) is 0 Å². The Bertz CT molecular complexity index is 1070. The van der Waals surface area contributed by atoms with Gasteiger partial charge < -0.3 is 28.8 Å². The average Bonchev–Trinajstić information content (AvgIpc) is 3.39. The first-order valence-electron chi connectivity index (χ1n) is 12.2. The van der Waals surface area contributed by atoms with Crippen molar-refractivity contribution in [2.24, 2.45) is 17.3 Å². The van der Waals surface area contributed by atoms with Gasteiger partial charge in [0, 0.05) is 33.1 Å². The van der Waals surface area contributed by atoms with E-state index in [2.05, 4.69) is 6.58 Å². The number of hydrogen-bond acceptors (Lipinski definition) is 10. The molecule has 0 spiro atoms. The van der Waals surface area contributed by atoms with Gasteiger partial charge in [-0.05, 0) is 25.5 Å². The first kappa shape index (κ1) is 27.6. The summed E-state index contributed by atoms with van der Waals surface area (Å²) >= 11 is 6.70. The first-order valence-corrected chi connectivity index (χ1v) is 12.7. The number of aliphatic hydroxyl groups is 1. The van der Waals surface area contributed by atoms with Crippen LogP contribution in [0.4, 0.5) is 0 Å². The predicted molar refractivity (Wildman–Crippen MR) is 128 cm³/mol. The molecular weight excluding hydrogens is 508 g/mol. The van der Waals surface area contributed by atoms with Crippen LogP contribution >= 0.6 is 11.6 Å². The molecule has 4 aliphatic rings. The molecule has 2 aliphatic carbocycles. The molecular formula is C26H33ClO10. The maximum absolute atomic E-state index is 12.9. The minimum absolute atomic E-state index is 0.263. The number of carbonyl (C=O) groups excluding carboxylic acids is 4. The lowest BCUT2D eigenvalue weighted by Crippen LogP contribution is -2.69. The molecule has 1 N–H and O–H groups in total. The van der Waals surface area contributed by atoms with E-state index in [0.29, 0.717) is 0 Å². The SMILES string of the molecule is C=C1/C=C\[C@H](OC(C)=O)[C@@]2(C)[C@@H](OC(C)=O)C[C@H]3O[C@@]3(C)[C@@H]2[C@H](OC(C)=O)[C@]2(O)[C@@H](C)C(=O)O[C@H]2[C@H]1Cl. The second-order valence-corrected chi connectivity index (χ2v) is 11.3. The number of allylic oxidation sites excluding steroid dienone is 1. The Morgan fingerprint density at radius 1 is 1.11 bits per heavy atom. The summed E-state index contributed by atoms with van der Waals surface area (Å²) in [5.74, 6) is -4.75. The van der Waals surface area contributed by atoms with Crippen molar-refractivity contribution in [3.05, 3.63) is 24.3 Å². The van der Waals surface area contributed by atoms with Crippen molar-refractivity contribution in [3.63, 3.8) is 0 Å². The van der Waals surface area contributed by atoms with Crippen LogP contribution in [-0.4, -0.2) is 76.1 Å². The Morgan fingerprint density at radius 2 is 1.70 bits per heavy atom. The van der Waals surface area contributed by atoms with E-state index in [1.54, 1.807) is 19.9 Å². The summed E-state index contributed by atoms with van der Waals surface area (Å²) in [5.41, 5.74) is -4.17. The second-order valence-electron chi connectivity index (χ2n) is 10.8. The van der Waals surface area contributed by atoms with Gasteiger partial charge in [-0.3, -0.25) is 19.2 Å². The van der Waals surface area contributed by atoms with Crippen molar-refractivity contribution in [1.29, 1.82) is 0 Å². The molecule has 0 unspecified atom stereocenters. The van der Waals surface area contributed by atoms with E-state index in [1.165, 1.54) is 33.8 Å². The molecule has 37 heavy (non-hydrogen) atoms. The van der Waals surface area contributed by atoms with E-state index in [1.807, 2.05) is 0 Å². The van der Waals surface area contributed by atoms with Crippen molar-refractivity contribution in [3.8, 4) is 0 Å². The number of halogens is 1. The minimum Gasteiger partial charge on any atom is -0.462 e. The quantitative estimate of drug-likeness (QED) is 0.245. The van der Waals surface area contributed by atoms with Crippen LogP contribution in [-0.2, 0) is 42.9 Å². The summed E-state index contributed by atoms with van der Waals surface area (Å²) in [6, 6.07) is 0. The van der Waals surface area contributed by atoms with Crippen molar-refractivity contribution in [2.75, 3.05) is 0 Å². The Morgan fingerprint density at radius 3 is 2.27 bits per heavy atom. The van der Waals surface area contributed by atoms with Gasteiger partial charge in [0.25, 0.3) is 0 Å². The lowest BCUT2D eigenvalue weighted by atomic mass is 9.53. The van der Waals surface area contributed by atoms with Crippen LogP contribution in [0.25, 0.3) is 0 Å². The smallest absolute Gasteiger partial charge is 0.312 e. The van der Waals surface area contributed by atoms with Gasteiger partial charge in [-0.15, -0.1) is 11.6 Å². The van der Waals surface area contributed by atoms with Gasteiger partial charge in [0.15, 0.2) is 11.7 Å². The monoisotopic (exact) mass is 540 g/mol. The van der Waals surface area contributed by atoms with E-state index in [4.69, 9.17) is 35.3 Å². The topological polar surface area (TPSA) is 138 Å². The fourth-order valence-electron chi connectivity index (χ4n) is 6.57. The molecule has 1 saturated carbocycles. The number of alkyl halides is 1. The van der Waals surface area contributed by atoms with Gasteiger partial charge >= 0.3 is 23.9 Å². The fourth-order valence-corrected chi connectivity index (χ4v) is 6.90. The molecule has 2 aliphatic heterocycles. The van der Waals surface area contributed by atoms with E-state index in [0.717, 1.165) is 0 Å². The van der Waals surface area contributed by atoms with Crippen LogP contribution in [0, 0.1) is 17.3 Å². The Balaban J connectivity index is 2.04. The molecule has 11 atom stereocenters. The molecule has 2 saturated heterocycles. The van der Waals surface area contributed by atoms with Crippen LogP contribution in [0.1, 0.15) is 48.0 Å². The van der Waals surface area contributed by atoms with Gasteiger partial charge in [0.05, 0.1) is 28.4 Å². The molecule has 11 heteroatoms. The summed E-state index contributed by atoms with van der Waals surface area (Å²) in [7, 11) is 0. The highest BCUT2D eigenvalue weighted by Gasteiger charge is 2.78. The Labute approximate surface area is 220 Å². The molecule has 2 heterocycles. The summed E-state index contributed by atoms with van der Waals surface area (Å²) < 4.78 is 29.1. The number of carbonyl (C=O) groups is 4. The molecule has 0 amide bonds. The Hall–Kier alpha value is -2.43. The molecule has 0 bridgehead atoms. The maximum atomic E-state index is 12.9. The van der Waals surface area contributed by atoms with E-state index in [9.17, 15) is 24.3 Å². The van der Waals surface area contributed by atoms with Gasteiger partial charge in [-0.2, -0.15) is 0 Å². The number of epoxide rings is 1. The minimum atomic E-state index is -2.13. The third kappa shape index (κ3) is 4.17. The number of hydrogen-bond donors (Lipinski definition) is 1. The molecule has 0 aromatic heterocycles. The van der Waals surface area contributed by atoms with Crippen LogP contribution in [0.15, 0.2) is 24.3 Å². The van der Waals surface area contributed by atoms with Crippen molar-refractivity contribution >= 4 is 35.5 Å². The third-order valence-electron chi connectivity index (χ3n) is 8.50. The van der Waals surface area contributed by atoms with Crippen LogP contribution in [0.3, 0.4) is 0 Å². The molecule has 10 nitrogen and oxygen atoms in total. The van der Waals surface area contributed by atoms with Gasteiger partial charge in [-0.25, -0.2) is 0 Å². The van der Waals surface area contributed by atoms with E-state index >= 15 is 0 Å². The summed E-state index contributed by atoms with van der Waals surface area (Å²) in [4.78, 5) is 49.9. The third-order valence-corrected chi connectivity index (χ3v) is 9.01. The largest absolute Gasteiger partial charge is 0.462 e. The molecule has 204 valence electrons. The van der Waals surface area contributed by atoms with Crippen molar-refractivity contribution in [1.82, 2.24) is 0 Å². The maximum Gasteiger partial charge on any atom is 0.312 e. The van der Waals surface area contributed by atoms with Gasteiger partial charge in [0.1, 0.15) is 18.3 Å². The van der Waals surface area contributed by atoms with Gasteiger partial charge in [0.2, 0.25) is 0 Å². The van der Waals surface area contributed by atoms with Crippen LogP contribution < -0.4 is 0 Å². The highest BCUT2D eigenvalue weighted by molar-refractivity contribution is 6.23. The molecule has 0 aromatic carbocycles. The summed E-state index contributed by atoms with van der Waals surface area (Å²) in [6.07, 6.45) is -1.74. The Kier molecular flexibility index (Phi) is 6.79. The number of fused-ring (bicyclic) bond motifs is 4. The summed E-state index contributed by atoms with van der Waals surface area (Å²) in [5, 5.41) is 11.3. The van der Waals surface area contributed by atoms with E-state index < -0.39 is 88.2 Å². The predicted octanol–water partition coefficient (Wildman–Crippen LogP) is 1.99. The van der Waals surface area contributed by atoms with E-state index in [-0.39, 0.29) is 12.0 Å². The second kappa shape index (κ2) is 9.10. The standard InChI is InChI=1S/C26H33ClO10/c1-11-8-9-16(33-13(3)28)24(6)17(34-14(4)29)10-18-25(7,37-18)20(24)22(35-15(5)30)26(32)12(2)23(31)36-21(26)19(11)27/h8-9,12,16-22,32H,1,10H2,2-7H3/b9-8-/t12-,16-,17-,18+,19-,20+,21-,22-,24-,25+,26-/m0/s1. The molecule has 0 radical (unpaired) electrons. The molecule has 3 fully saturated rings. The van der Waals surface area contributed by atoms with Crippen molar-refractivity contribution in [2.45, 2.75) is 95.1 Å². The highest BCUT2D eigenvalue weighted by Crippen LogP contribution is 2.64. The zero-order chi connectivity index (χ0) is 27.7. The first-order chi connectivity index (χ1) is 17.1. The van der Waals surface area contributed by atoms with Gasteiger partial charge in [-0.1, -0.05) is 19.6 Å². The average molecular weight is 541 g/mol. The number of esters is 4. The number of ether oxygens (including phenoxy) is 5. The normalized spacial score (nSPS) is 47.4. The van der Waals surface area contributed by atoms with Crippen LogP contribution in [0.5, 0.6) is 0 Å². The molecule has 4 rings (SSSR count).